The Balaban J connectivity index is 0.00000225. The monoisotopic (exact) mass is 376 g/mol. The summed E-state index contributed by atoms with van der Waals surface area (Å²) >= 11 is 0. The molecule has 1 atom stereocenters. The standard InChI is InChI=1S/C18H23F3N2O.ClH/c19-18(20,21)15-6-5-7-16(12-15)23-11-8-14(17(23)24)13-22-9-3-1-2-4-10-22;/h5-7,12,14H,1-4,8-11,13H2;1H. The van der Waals surface area contributed by atoms with Crippen LogP contribution in [0.2, 0.25) is 0 Å². The number of amides is 1. The van der Waals surface area contributed by atoms with Gasteiger partial charge in [-0.15, -0.1) is 12.4 Å². The fraction of sp³-hybridized carbons (Fsp3) is 0.611. The minimum Gasteiger partial charge on any atom is -0.312 e. The Morgan fingerprint density at radius 1 is 1.04 bits per heavy atom. The summed E-state index contributed by atoms with van der Waals surface area (Å²) in [5.74, 6) is -0.142. The van der Waals surface area contributed by atoms with Crippen molar-refractivity contribution in [3.8, 4) is 0 Å². The molecule has 0 N–H and O–H groups in total. The molecule has 2 aliphatic heterocycles. The number of anilines is 1. The molecule has 0 spiro atoms. The van der Waals surface area contributed by atoms with Crippen molar-refractivity contribution in [2.24, 2.45) is 5.92 Å². The molecule has 7 heteroatoms. The van der Waals surface area contributed by atoms with E-state index in [1.807, 2.05) is 0 Å². The van der Waals surface area contributed by atoms with Gasteiger partial charge in [0.05, 0.1) is 11.5 Å². The maximum Gasteiger partial charge on any atom is 0.416 e. The summed E-state index contributed by atoms with van der Waals surface area (Å²) in [6, 6.07) is 5.07. The van der Waals surface area contributed by atoms with Gasteiger partial charge in [-0.3, -0.25) is 4.79 Å². The first-order valence-corrected chi connectivity index (χ1v) is 8.66. The van der Waals surface area contributed by atoms with E-state index in [0.717, 1.165) is 44.6 Å². The molecule has 2 aliphatic rings. The number of hydrogen-bond donors (Lipinski definition) is 0. The number of alkyl halides is 3. The average molecular weight is 377 g/mol. The van der Waals surface area contributed by atoms with Gasteiger partial charge in [0.25, 0.3) is 0 Å². The lowest BCUT2D eigenvalue weighted by Gasteiger charge is -2.23. The third-order valence-corrected chi connectivity index (χ3v) is 4.98. The maximum absolute atomic E-state index is 12.9. The molecular weight excluding hydrogens is 353 g/mol. The van der Waals surface area contributed by atoms with E-state index >= 15 is 0 Å². The van der Waals surface area contributed by atoms with Crippen LogP contribution in [-0.2, 0) is 11.0 Å². The lowest BCUT2D eigenvalue weighted by molar-refractivity contribution is -0.137. The van der Waals surface area contributed by atoms with Gasteiger partial charge in [-0.25, -0.2) is 0 Å². The van der Waals surface area contributed by atoms with Crippen LogP contribution < -0.4 is 4.90 Å². The molecule has 2 fully saturated rings. The van der Waals surface area contributed by atoms with Gasteiger partial charge >= 0.3 is 6.18 Å². The normalized spacial score (nSPS) is 22.6. The van der Waals surface area contributed by atoms with E-state index in [0.29, 0.717) is 18.7 Å². The van der Waals surface area contributed by atoms with E-state index in [2.05, 4.69) is 4.90 Å². The van der Waals surface area contributed by atoms with Crippen LogP contribution in [0.1, 0.15) is 37.7 Å². The van der Waals surface area contributed by atoms with Gasteiger partial charge in [0.1, 0.15) is 0 Å². The quantitative estimate of drug-likeness (QED) is 0.782. The van der Waals surface area contributed by atoms with Gasteiger partial charge in [0.15, 0.2) is 0 Å². The third kappa shape index (κ3) is 4.88. The Kier molecular flexibility index (Phi) is 6.74. The van der Waals surface area contributed by atoms with Crippen LogP contribution in [0.3, 0.4) is 0 Å². The lowest BCUT2D eigenvalue weighted by atomic mass is 10.1. The molecule has 1 aromatic rings. The van der Waals surface area contributed by atoms with E-state index in [1.54, 1.807) is 6.07 Å². The highest BCUT2D eigenvalue weighted by molar-refractivity contribution is 5.97. The van der Waals surface area contributed by atoms with Crippen LogP contribution >= 0.6 is 12.4 Å². The molecule has 2 saturated heterocycles. The van der Waals surface area contributed by atoms with Crippen LogP contribution in [0.15, 0.2) is 24.3 Å². The first-order chi connectivity index (χ1) is 11.4. The number of benzene rings is 1. The van der Waals surface area contributed by atoms with Gasteiger partial charge in [-0.1, -0.05) is 18.9 Å². The number of nitrogens with zero attached hydrogens (tertiary/aromatic N) is 2. The maximum atomic E-state index is 12.9. The molecule has 3 rings (SSSR count). The fourth-order valence-corrected chi connectivity index (χ4v) is 3.65. The first kappa shape index (κ1) is 20.0. The number of carbonyl (C=O) groups excluding carboxylic acids is 1. The number of rotatable bonds is 3. The molecule has 0 radical (unpaired) electrons. The molecule has 2 heterocycles. The molecule has 25 heavy (non-hydrogen) atoms. The van der Waals surface area contributed by atoms with Crippen LogP contribution in [0.5, 0.6) is 0 Å². The largest absolute Gasteiger partial charge is 0.416 e. The van der Waals surface area contributed by atoms with E-state index in [-0.39, 0.29) is 24.2 Å². The van der Waals surface area contributed by atoms with Crippen molar-refractivity contribution in [3.05, 3.63) is 29.8 Å². The van der Waals surface area contributed by atoms with Gasteiger partial charge < -0.3 is 9.80 Å². The van der Waals surface area contributed by atoms with E-state index < -0.39 is 11.7 Å². The zero-order chi connectivity index (χ0) is 17.2. The molecule has 0 aromatic heterocycles. The van der Waals surface area contributed by atoms with Crippen LogP contribution in [0.4, 0.5) is 18.9 Å². The molecule has 0 aliphatic carbocycles. The van der Waals surface area contributed by atoms with Crippen LogP contribution in [-0.4, -0.2) is 37.0 Å². The Bertz CT molecular complexity index is 586. The van der Waals surface area contributed by atoms with E-state index in [9.17, 15) is 18.0 Å². The Morgan fingerprint density at radius 2 is 1.72 bits per heavy atom. The van der Waals surface area contributed by atoms with Gasteiger partial charge in [-0.05, 0) is 50.6 Å². The summed E-state index contributed by atoms with van der Waals surface area (Å²) in [5.41, 5.74) is -0.350. The van der Waals surface area contributed by atoms with Crippen molar-refractivity contribution >= 4 is 24.0 Å². The third-order valence-electron chi connectivity index (χ3n) is 4.98. The Hall–Kier alpha value is -1.27. The number of halogens is 4. The SMILES string of the molecule is Cl.O=C1C(CN2CCCCCC2)CCN1c1cccc(C(F)(F)F)c1. The molecule has 1 amide bonds. The molecule has 0 bridgehead atoms. The number of carbonyl (C=O) groups is 1. The summed E-state index contributed by atoms with van der Waals surface area (Å²) in [7, 11) is 0. The second kappa shape index (κ2) is 8.41. The molecule has 1 aromatic carbocycles. The summed E-state index contributed by atoms with van der Waals surface area (Å²) in [6.07, 6.45) is 1.14. The molecule has 140 valence electrons. The highest BCUT2D eigenvalue weighted by Gasteiger charge is 2.35. The second-order valence-electron chi connectivity index (χ2n) is 6.74. The fourth-order valence-electron chi connectivity index (χ4n) is 3.65. The van der Waals surface area contributed by atoms with Crippen molar-refractivity contribution in [2.75, 3.05) is 31.1 Å². The molecule has 1 unspecified atom stereocenters. The van der Waals surface area contributed by atoms with Crippen molar-refractivity contribution in [1.82, 2.24) is 4.90 Å². The highest BCUT2D eigenvalue weighted by atomic mass is 35.5. The van der Waals surface area contributed by atoms with E-state index in [4.69, 9.17) is 0 Å². The van der Waals surface area contributed by atoms with Crippen molar-refractivity contribution in [1.29, 1.82) is 0 Å². The summed E-state index contributed by atoms with van der Waals surface area (Å²) in [6.45, 7) is 3.27. The second-order valence-corrected chi connectivity index (χ2v) is 6.74. The average Bonchev–Trinajstić information content (AvgIpc) is 2.75. The number of likely N-dealkylation sites (tertiary alicyclic amines) is 1. The lowest BCUT2D eigenvalue weighted by Crippen LogP contribution is -2.35. The van der Waals surface area contributed by atoms with Crippen molar-refractivity contribution in [3.63, 3.8) is 0 Å². The van der Waals surface area contributed by atoms with Gasteiger partial charge in [-0.2, -0.15) is 13.2 Å². The highest BCUT2D eigenvalue weighted by Crippen LogP contribution is 2.33. The summed E-state index contributed by atoms with van der Waals surface area (Å²) in [4.78, 5) is 16.5. The predicted molar refractivity (Wildman–Crippen MR) is 94.1 cm³/mol. The van der Waals surface area contributed by atoms with Gasteiger partial charge in [0.2, 0.25) is 5.91 Å². The molecular formula is C18H24ClF3N2O. The minimum atomic E-state index is -4.38. The summed E-state index contributed by atoms with van der Waals surface area (Å²) < 4.78 is 38.6. The van der Waals surface area contributed by atoms with Crippen LogP contribution in [0.25, 0.3) is 0 Å². The first-order valence-electron chi connectivity index (χ1n) is 8.66. The number of hydrogen-bond acceptors (Lipinski definition) is 2. The minimum absolute atomic E-state index is 0. The smallest absolute Gasteiger partial charge is 0.312 e. The Labute approximate surface area is 152 Å². The molecule has 3 nitrogen and oxygen atoms in total. The van der Waals surface area contributed by atoms with Crippen molar-refractivity contribution < 1.29 is 18.0 Å². The summed E-state index contributed by atoms with van der Waals surface area (Å²) in [5, 5.41) is 0. The van der Waals surface area contributed by atoms with Crippen LogP contribution in [0, 0.1) is 5.92 Å². The Morgan fingerprint density at radius 3 is 2.36 bits per heavy atom. The predicted octanol–water partition coefficient (Wildman–Crippen LogP) is 4.36. The zero-order valence-corrected chi connectivity index (χ0v) is 14.9. The molecule has 0 saturated carbocycles. The van der Waals surface area contributed by atoms with Gasteiger partial charge in [0, 0.05) is 18.8 Å². The van der Waals surface area contributed by atoms with Crippen molar-refractivity contribution in [2.45, 2.75) is 38.3 Å². The van der Waals surface area contributed by atoms with E-state index in [1.165, 1.54) is 23.8 Å². The zero-order valence-electron chi connectivity index (χ0n) is 14.1. The topological polar surface area (TPSA) is 23.6 Å².